The number of nitriles is 1. The number of aliphatic hydroxyl groups is 1. The van der Waals surface area contributed by atoms with Crippen molar-refractivity contribution in [1.29, 1.82) is 5.26 Å². The number of aromatic nitrogens is 2. The Morgan fingerprint density at radius 3 is 2.79 bits per heavy atom. The van der Waals surface area contributed by atoms with Gasteiger partial charge >= 0.3 is 0 Å². The van der Waals surface area contributed by atoms with Crippen LogP contribution in [0.4, 0.5) is 5.82 Å². The molecule has 0 radical (unpaired) electrons. The standard InChI is InChI=1S/C27H38N4O3/c1-3-34-15-27(33)11-9-19-17(13-27)4-5-21-20(19)8-10-26(2)22(21)6-7-23(26)25(32)31-24-12-18(14-28)29-16-30-24/h12,16-17,19-23,33H,3-11,13,15H2,1-2H3,(H,29,30,31,32). The van der Waals surface area contributed by atoms with E-state index in [-0.39, 0.29) is 22.9 Å². The third-order valence-electron chi connectivity index (χ3n) is 10.0. The van der Waals surface area contributed by atoms with Gasteiger partial charge in [-0.1, -0.05) is 6.92 Å². The largest absolute Gasteiger partial charge is 0.387 e. The van der Waals surface area contributed by atoms with Crippen LogP contribution in [0.1, 0.15) is 77.3 Å². The molecule has 0 saturated heterocycles. The number of nitrogens with one attached hydrogen (secondary N) is 1. The van der Waals surface area contributed by atoms with Gasteiger partial charge in [0.25, 0.3) is 0 Å². The highest BCUT2D eigenvalue weighted by Crippen LogP contribution is 2.64. The molecule has 0 spiro atoms. The lowest BCUT2D eigenvalue weighted by molar-refractivity contribution is -0.135. The summed E-state index contributed by atoms with van der Waals surface area (Å²) < 4.78 is 5.61. The van der Waals surface area contributed by atoms with Crippen molar-refractivity contribution in [3.63, 3.8) is 0 Å². The Balaban J connectivity index is 1.27. The molecule has 8 unspecified atom stereocenters. The number of anilines is 1. The van der Waals surface area contributed by atoms with E-state index in [4.69, 9.17) is 10.00 Å². The number of carbonyl (C=O) groups is 1. The van der Waals surface area contributed by atoms with Gasteiger partial charge in [-0.25, -0.2) is 9.97 Å². The average Bonchev–Trinajstić information content (AvgIpc) is 3.20. The molecule has 1 heterocycles. The fourth-order valence-corrected chi connectivity index (χ4v) is 8.52. The van der Waals surface area contributed by atoms with E-state index in [1.165, 1.54) is 25.6 Å². The Morgan fingerprint density at radius 1 is 1.18 bits per heavy atom. The fourth-order valence-electron chi connectivity index (χ4n) is 8.52. The van der Waals surface area contributed by atoms with E-state index < -0.39 is 5.60 Å². The van der Waals surface area contributed by atoms with Crippen LogP contribution in [-0.4, -0.2) is 39.8 Å². The summed E-state index contributed by atoms with van der Waals surface area (Å²) in [7, 11) is 0. The maximum absolute atomic E-state index is 13.3. The first-order valence-electron chi connectivity index (χ1n) is 13.2. The van der Waals surface area contributed by atoms with Crippen molar-refractivity contribution in [3.8, 4) is 6.07 Å². The van der Waals surface area contributed by atoms with Gasteiger partial charge < -0.3 is 15.2 Å². The smallest absolute Gasteiger partial charge is 0.229 e. The molecule has 7 heteroatoms. The van der Waals surface area contributed by atoms with Gasteiger partial charge in [0.1, 0.15) is 23.9 Å². The van der Waals surface area contributed by atoms with Crippen LogP contribution in [0.25, 0.3) is 0 Å². The van der Waals surface area contributed by atoms with Crippen molar-refractivity contribution in [2.75, 3.05) is 18.5 Å². The van der Waals surface area contributed by atoms with Crippen LogP contribution < -0.4 is 5.32 Å². The number of hydrogen-bond acceptors (Lipinski definition) is 6. The zero-order valence-electron chi connectivity index (χ0n) is 20.5. The minimum absolute atomic E-state index is 0.0145. The van der Waals surface area contributed by atoms with Crippen molar-refractivity contribution >= 4 is 11.7 Å². The summed E-state index contributed by atoms with van der Waals surface area (Å²) in [6, 6.07) is 3.55. The number of ether oxygens (including phenoxy) is 1. The van der Waals surface area contributed by atoms with Gasteiger partial charge in [-0.3, -0.25) is 4.79 Å². The number of hydrogen-bond donors (Lipinski definition) is 2. The van der Waals surface area contributed by atoms with Crippen molar-refractivity contribution in [2.24, 2.45) is 40.9 Å². The molecule has 5 rings (SSSR count). The molecule has 1 amide bonds. The monoisotopic (exact) mass is 466 g/mol. The molecule has 0 bridgehead atoms. The van der Waals surface area contributed by atoms with Crippen LogP contribution in [0.15, 0.2) is 12.4 Å². The summed E-state index contributed by atoms with van der Waals surface area (Å²) in [4.78, 5) is 21.4. The van der Waals surface area contributed by atoms with Crippen molar-refractivity contribution in [1.82, 2.24) is 9.97 Å². The lowest BCUT2D eigenvalue weighted by Gasteiger charge is -2.57. The third-order valence-corrected chi connectivity index (χ3v) is 10.0. The zero-order valence-corrected chi connectivity index (χ0v) is 20.5. The zero-order chi connectivity index (χ0) is 23.9. The van der Waals surface area contributed by atoms with E-state index in [9.17, 15) is 9.90 Å². The first-order valence-corrected chi connectivity index (χ1v) is 13.2. The Kier molecular flexibility index (Phi) is 6.41. The van der Waals surface area contributed by atoms with Crippen molar-refractivity contribution in [3.05, 3.63) is 18.1 Å². The number of carbonyl (C=O) groups excluding carboxylic acids is 1. The normalized spacial score (nSPS) is 41.0. The van der Waals surface area contributed by atoms with E-state index in [1.54, 1.807) is 6.07 Å². The second kappa shape index (κ2) is 9.20. The molecule has 1 aromatic heterocycles. The van der Waals surface area contributed by atoms with Gasteiger partial charge in [0.05, 0.1) is 12.2 Å². The van der Waals surface area contributed by atoms with Crippen LogP contribution in [0.2, 0.25) is 0 Å². The second-order valence-electron chi connectivity index (χ2n) is 11.6. The molecule has 4 aliphatic rings. The Morgan fingerprint density at radius 2 is 2.00 bits per heavy atom. The molecule has 1 aromatic rings. The molecule has 34 heavy (non-hydrogen) atoms. The second-order valence-corrected chi connectivity index (χ2v) is 11.6. The molecular formula is C27H38N4O3. The summed E-state index contributed by atoms with van der Waals surface area (Å²) in [6.45, 7) is 5.47. The minimum Gasteiger partial charge on any atom is -0.387 e. The van der Waals surface area contributed by atoms with Gasteiger partial charge in [0.2, 0.25) is 5.91 Å². The van der Waals surface area contributed by atoms with E-state index in [0.29, 0.717) is 42.7 Å². The topological polar surface area (TPSA) is 108 Å². The summed E-state index contributed by atoms with van der Waals surface area (Å²) in [5.41, 5.74) is -0.359. The molecule has 0 aromatic carbocycles. The van der Waals surface area contributed by atoms with Crippen LogP contribution in [0, 0.1) is 52.3 Å². The molecular weight excluding hydrogens is 428 g/mol. The molecule has 4 fully saturated rings. The molecule has 0 aliphatic heterocycles. The highest BCUT2D eigenvalue weighted by Gasteiger charge is 2.59. The first-order chi connectivity index (χ1) is 16.4. The van der Waals surface area contributed by atoms with Gasteiger partial charge in [-0.05, 0) is 99.7 Å². The predicted octanol–water partition coefficient (Wildman–Crippen LogP) is 4.32. The maximum Gasteiger partial charge on any atom is 0.229 e. The summed E-state index contributed by atoms with van der Waals surface area (Å²) in [5, 5.41) is 23.2. The first kappa shape index (κ1) is 23.7. The number of amides is 1. The van der Waals surface area contributed by atoms with Crippen LogP contribution in [0.5, 0.6) is 0 Å². The number of fused-ring (bicyclic) bond motifs is 5. The lowest BCUT2D eigenvalue weighted by Crippen LogP contribution is -2.52. The van der Waals surface area contributed by atoms with Gasteiger partial charge in [-0.15, -0.1) is 0 Å². The molecule has 4 saturated carbocycles. The summed E-state index contributed by atoms with van der Waals surface area (Å²) in [6.07, 6.45) is 10.9. The van der Waals surface area contributed by atoms with Crippen molar-refractivity contribution in [2.45, 2.75) is 77.2 Å². The van der Waals surface area contributed by atoms with Crippen LogP contribution in [0.3, 0.4) is 0 Å². The van der Waals surface area contributed by atoms with E-state index in [1.807, 2.05) is 13.0 Å². The molecule has 7 nitrogen and oxygen atoms in total. The van der Waals surface area contributed by atoms with Gasteiger partial charge in [-0.2, -0.15) is 5.26 Å². The minimum atomic E-state index is -0.643. The number of rotatable bonds is 5. The third kappa shape index (κ3) is 4.13. The van der Waals surface area contributed by atoms with E-state index in [0.717, 1.165) is 44.4 Å². The quantitative estimate of drug-likeness (QED) is 0.669. The van der Waals surface area contributed by atoms with Gasteiger partial charge in [0.15, 0.2) is 0 Å². The van der Waals surface area contributed by atoms with Crippen LogP contribution in [-0.2, 0) is 9.53 Å². The van der Waals surface area contributed by atoms with Crippen molar-refractivity contribution < 1.29 is 14.6 Å². The SMILES string of the molecule is CCOCC1(O)CCC2C(CCC3C2CCC2(C)C(C(=O)Nc4cc(C#N)ncn4)CCC32)C1. The predicted molar refractivity (Wildman–Crippen MR) is 127 cm³/mol. The Labute approximate surface area is 202 Å². The molecule has 2 N–H and O–H groups in total. The van der Waals surface area contributed by atoms with E-state index in [2.05, 4.69) is 22.2 Å². The fraction of sp³-hybridized carbons (Fsp3) is 0.778. The van der Waals surface area contributed by atoms with E-state index >= 15 is 0 Å². The molecule has 184 valence electrons. The summed E-state index contributed by atoms with van der Waals surface area (Å²) >= 11 is 0. The highest BCUT2D eigenvalue weighted by molar-refractivity contribution is 5.92. The Bertz CT molecular complexity index is 963. The highest BCUT2D eigenvalue weighted by atomic mass is 16.5. The summed E-state index contributed by atoms with van der Waals surface area (Å²) in [5.74, 6) is 3.78. The average molecular weight is 467 g/mol. The van der Waals surface area contributed by atoms with Gasteiger partial charge in [0, 0.05) is 18.6 Å². The number of nitrogens with zero attached hydrogens (tertiary/aromatic N) is 3. The lowest BCUT2D eigenvalue weighted by atomic mass is 9.49. The molecule has 8 atom stereocenters. The maximum atomic E-state index is 13.3. The van der Waals surface area contributed by atoms with Crippen LogP contribution >= 0.6 is 0 Å². The Hall–Kier alpha value is -2.04. The molecule has 4 aliphatic carbocycles.